The number of furan rings is 1. The van der Waals surface area contributed by atoms with Crippen LogP contribution in [0.15, 0.2) is 76.2 Å². The number of carbonyl (C=O) groups excluding carboxylic acids is 1. The minimum Gasteiger partial charge on any atom is -0.448 e. The van der Waals surface area contributed by atoms with Crippen LogP contribution in [0.1, 0.15) is 34.1 Å². The highest BCUT2D eigenvalue weighted by Gasteiger charge is 2.36. The second-order valence-electron chi connectivity index (χ2n) is 9.31. The zero-order chi connectivity index (χ0) is 24.7. The topological polar surface area (TPSA) is 75.8 Å². The van der Waals surface area contributed by atoms with Crippen LogP contribution in [0.3, 0.4) is 0 Å². The van der Waals surface area contributed by atoms with Crippen molar-refractivity contribution in [1.29, 1.82) is 0 Å². The second kappa shape index (κ2) is 9.02. The van der Waals surface area contributed by atoms with Gasteiger partial charge in [-0.2, -0.15) is 4.31 Å². The number of nitrogens with zero attached hydrogens (tertiary/aromatic N) is 3. The summed E-state index contributed by atoms with van der Waals surface area (Å²) in [6.07, 6.45) is 1.63. The molecule has 4 aromatic rings. The molecule has 1 aliphatic heterocycles. The zero-order valence-electron chi connectivity index (χ0n) is 20.1. The van der Waals surface area contributed by atoms with Gasteiger partial charge in [0.15, 0.2) is 0 Å². The lowest BCUT2D eigenvalue weighted by atomic mass is 10.1. The molecule has 1 atom stereocenters. The number of carbonyl (C=O) groups is 1. The van der Waals surface area contributed by atoms with E-state index in [-0.39, 0.29) is 23.4 Å². The van der Waals surface area contributed by atoms with Crippen molar-refractivity contribution in [3.8, 4) is 0 Å². The Morgan fingerprint density at radius 2 is 1.77 bits per heavy atom. The van der Waals surface area contributed by atoms with Gasteiger partial charge in [0.1, 0.15) is 5.69 Å². The lowest BCUT2D eigenvalue weighted by molar-refractivity contribution is 0.0632. The van der Waals surface area contributed by atoms with Crippen LogP contribution in [-0.4, -0.2) is 53.8 Å². The number of rotatable bonds is 5. The maximum atomic E-state index is 13.7. The summed E-state index contributed by atoms with van der Waals surface area (Å²) in [6.45, 7) is 7.22. The van der Waals surface area contributed by atoms with Crippen molar-refractivity contribution in [3.63, 3.8) is 0 Å². The Morgan fingerprint density at radius 1 is 1.00 bits per heavy atom. The molecule has 1 unspecified atom stereocenters. The van der Waals surface area contributed by atoms with Crippen molar-refractivity contribution in [2.45, 2.75) is 38.3 Å². The fraction of sp³-hybridized carbons (Fsp3) is 0.296. The number of sulfonamides is 1. The third-order valence-corrected chi connectivity index (χ3v) is 8.65. The number of hydrogen-bond donors (Lipinski definition) is 0. The summed E-state index contributed by atoms with van der Waals surface area (Å²) in [5.74, 6) is -0.122. The van der Waals surface area contributed by atoms with Gasteiger partial charge in [0.25, 0.3) is 5.91 Å². The molecule has 1 amide bonds. The molecule has 0 radical (unpaired) electrons. The second-order valence-corrected chi connectivity index (χ2v) is 11.2. The van der Waals surface area contributed by atoms with Crippen LogP contribution in [-0.2, 0) is 16.6 Å². The van der Waals surface area contributed by atoms with Gasteiger partial charge in [-0.15, -0.1) is 0 Å². The van der Waals surface area contributed by atoms with Gasteiger partial charge in [-0.3, -0.25) is 4.79 Å². The van der Waals surface area contributed by atoms with Crippen LogP contribution in [0.2, 0.25) is 0 Å². The van der Waals surface area contributed by atoms with Gasteiger partial charge in [0, 0.05) is 31.1 Å². The van der Waals surface area contributed by atoms with Gasteiger partial charge in [0.2, 0.25) is 15.7 Å². The maximum absolute atomic E-state index is 13.7. The largest absolute Gasteiger partial charge is 0.448 e. The summed E-state index contributed by atoms with van der Waals surface area (Å²) in [6, 6.07) is 18.4. The molecule has 0 aliphatic carbocycles. The molecule has 2 aromatic heterocycles. The lowest BCUT2D eigenvalue weighted by Gasteiger charge is -2.39. The van der Waals surface area contributed by atoms with Crippen LogP contribution < -0.4 is 0 Å². The number of aromatic nitrogens is 1. The summed E-state index contributed by atoms with van der Waals surface area (Å²) in [7, 11) is -3.63. The van der Waals surface area contributed by atoms with E-state index >= 15 is 0 Å². The molecule has 8 heteroatoms. The van der Waals surface area contributed by atoms with Crippen LogP contribution >= 0.6 is 0 Å². The number of aryl methyl sites for hydroxylation is 2. The Hall–Kier alpha value is -3.36. The third kappa shape index (κ3) is 4.39. The van der Waals surface area contributed by atoms with Gasteiger partial charge in [-0.25, -0.2) is 8.42 Å². The highest BCUT2D eigenvalue weighted by Crippen LogP contribution is 2.26. The number of piperazine rings is 1. The summed E-state index contributed by atoms with van der Waals surface area (Å²) < 4.78 is 35.6. The van der Waals surface area contributed by atoms with E-state index < -0.39 is 10.0 Å². The molecular weight excluding hydrogens is 462 g/mol. The first kappa shape index (κ1) is 23.4. The molecule has 1 saturated heterocycles. The van der Waals surface area contributed by atoms with Gasteiger partial charge >= 0.3 is 0 Å². The molecule has 1 fully saturated rings. The van der Waals surface area contributed by atoms with E-state index in [1.54, 1.807) is 35.4 Å². The van der Waals surface area contributed by atoms with E-state index in [1.165, 1.54) is 4.31 Å². The van der Waals surface area contributed by atoms with E-state index in [4.69, 9.17) is 4.42 Å². The summed E-state index contributed by atoms with van der Waals surface area (Å²) in [5, 5.41) is 0.870. The summed E-state index contributed by atoms with van der Waals surface area (Å²) in [5.41, 5.74) is 4.44. The Labute approximate surface area is 205 Å². The molecule has 35 heavy (non-hydrogen) atoms. The van der Waals surface area contributed by atoms with E-state index in [0.717, 1.165) is 22.1 Å². The van der Waals surface area contributed by atoms with Crippen molar-refractivity contribution < 1.29 is 17.6 Å². The molecular formula is C27H29N3O4S. The van der Waals surface area contributed by atoms with Crippen LogP contribution in [0, 0.1) is 13.8 Å². The predicted molar refractivity (Wildman–Crippen MR) is 135 cm³/mol. The molecule has 182 valence electrons. The SMILES string of the molecule is Cc1ccc(S(=O)(=O)N2CCN(C(=O)c3cc4ccoc4n3Cc3cccc(C)c3)CC2C)cc1. The number of amides is 1. The van der Waals surface area contributed by atoms with Crippen LogP contribution in [0.25, 0.3) is 11.1 Å². The van der Waals surface area contributed by atoms with Crippen LogP contribution in [0.5, 0.6) is 0 Å². The summed E-state index contributed by atoms with van der Waals surface area (Å²) >= 11 is 0. The average molecular weight is 492 g/mol. The number of benzene rings is 2. The average Bonchev–Trinajstić information content (AvgIpc) is 3.41. The molecule has 0 bridgehead atoms. The highest BCUT2D eigenvalue weighted by atomic mass is 32.2. The van der Waals surface area contributed by atoms with Gasteiger partial charge in [0.05, 0.1) is 17.7 Å². The smallest absolute Gasteiger partial charge is 0.270 e. The number of hydrogen-bond acceptors (Lipinski definition) is 4. The first-order chi connectivity index (χ1) is 16.7. The van der Waals surface area contributed by atoms with Crippen molar-refractivity contribution in [3.05, 3.63) is 89.3 Å². The maximum Gasteiger partial charge on any atom is 0.270 e. The fourth-order valence-electron chi connectivity index (χ4n) is 4.79. The fourth-order valence-corrected chi connectivity index (χ4v) is 6.41. The van der Waals surface area contributed by atoms with E-state index in [1.807, 2.05) is 55.7 Å². The van der Waals surface area contributed by atoms with E-state index in [2.05, 4.69) is 6.07 Å². The highest BCUT2D eigenvalue weighted by molar-refractivity contribution is 7.89. The molecule has 3 heterocycles. The first-order valence-corrected chi connectivity index (χ1v) is 13.2. The van der Waals surface area contributed by atoms with Gasteiger partial charge in [-0.1, -0.05) is 47.5 Å². The van der Waals surface area contributed by atoms with Gasteiger partial charge < -0.3 is 13.9 Å². The number of fused-ring (bicyclic) bond motifs is 1. The first-order valence-electron chi connectivity index (χ1n) is 11.7. The molecule has 5 rings (SSSR count). The zero-order valence-corrected chi connectivity index (χ0v) is 21.0. The Bertz CT molecular complexity index is 1480. The molecule has 1 aliphatic rings. The quantitative estimate of drug-likeness (QED) is 0.414. The van der Waals surface area contributed by atoms with Crippen molar-refractivity contribution >= 4 is 27.0 Å². The van der Waals surface area contributed by atoms with Gasteiger partial charge in [-0.05, 0) is 50.6 Å². The van der Waals surface area contributed by atoms with Crippen LogP contribution in [0.4, 0.5) is 0 Å². The van der Waals surface area contributed by atoms with Crippen molar-refractivity contribution in [1.82, 2.24) is 13.8 Å². The molecule has 0 N–H and O–H groups in total. The van der Waals surface area contributed by atoms with E-state index in [0.29, 0.717) is 31.0 Å². The predicted octanol–water partition coefficient (Wildman–Crippen LogP) is 4.43. The molecule has 0 spiro atoms. The Kier molecular flexibility index (Phi) is 6.02. The van der Waals surface area contributed by atoms with Crippen molar-refractivity contribution in [2.75, 3.05) is 19.6 Å². The Balaban J connectivity index is 1.39. The minimum absolute atomic E-state index is 0.122. The molecule has 0 saturated carbocycles. The summed E-state index contributed by atoms with van der Waals surface area (Å²) in [4.78, 5) is 15.7. The Morgan fingerprint density at radius 3 is 2.49 bits per heavy atom. The standard InChI is InChI=1S/C27H29N3O4S/c1-19-7-9-24(10-8-19)35(32,33)30-13-12-28(17-21(30)3)26(31)25-16-23-11-14-34-27(23)29(25)18-22-6-4-5-20(2)15-22/h4-11,14-16,21H,12-13,17-18H2,1-3H3. The van der Waals surface area contributed by atoms with Crippen molar-refractivity contribution in [2.24, 2.45) is 0 Å². The monoisotopic (exact) mass is 491 g/mol. The molecule has 7 nitrogen and oxygen atoms in total. The third-order valence-electron chi connectivity index (χ3n) is 6.63. The normalized spacial score (nSPS) is 17.2. The minimum atomic E-state index is -3.63. The molecule has 2 aromatic carbocycles. The van der Waals surface area contributed by atoms with E-state index in [9.17, 15) is 13.2 Å². The lowest BCUT2D eigenvalue weighted by Crippen LogP contribution is -2.55.